The summed E-state index contributed by atoms with van der Waals surface area (Å²) in [4.78, 5) is 7.84. The van der Waals surface area contributed by atoms with Crippen molar-refractivity contribution in [3.63, 3.8) is 0 Å². The van der Waals surface area contributed by atoms with Crippen LogP contribution in [0.15, 0.2) is 71.9 Å². The first-order valence-corrected chi connectivity index (χ1v) is 11.4. The summed E-state index contributed by atoms with van der Waals surface area (Å²) in [5.74, 6) is -0.454. The lowest BCUT2D eigenvalue weighted by Gasteiger charge is -2.13. The van der Waals surface area contributed by atoms with Gasteiger partial charge in [0.05, 0.1) is 27.4 Å². The van der Waals surface area contributed by atoms with Gasteiger partial charge in [0.2, 0.25) is 0 Å². The van der Waals surface area contributed by atoms with E-state index < -0.39 is 27.4 Å². The molecule has 10 heteroatoms. The van der Waals surface area contributed by atoms with E-state index in [1.807, 2.05) is 0 Å². The zero-order valence-corrected chi connectivity index (χ0v) is 17.9. The number of hydrogen-bond acceptors (Lipinski definition) is 5. The fourth-order valence-corrected chi connectivity index (χ4v) is 4.23. The van der Waals surface area contributed by atoms with Crippen molar-refractivity contribution >= 4 is 20.7 Å². The van der Waals surface area contributed by atoms with Crippen molar-refractivity contribution in [2.45, 2.75) is 18.0 Å². The van der Waals surface area contributed by atoms with Crippen LogP contribution in [-0.2, 0) is 16.0 Å². The maximum Gasteiger partial charge on any atom is 0.418 e. The molecule has 0 bridgehead atoms. The van der Waals surface area contributed by atoms with Gasteiger partial charge in [-0.3, -0.25) is 0 Å². The molecule has 0 amide bonds. The molecule has 0 saturated heterocycles. The van der Waals surface area contributed by atoms with Crippen LogP contribution in [0.2, 0.25) is 0 Å². The average molecular weight is 476 g/mol. The zero-order valence-electron chi connectivity index (χ0n) is 17.1. The van der Waals surface area contributed by atoms with Gasteiger partial charge in [-0.25, -0.2) is 22.8 Å². The summed E-state index contributed by atoms with van der Waals surface area (Å²) in [5, 5.41) is 0.0272. The van der Waals surface area contributed by atoms with E-state index in [4.69, 9.17) is 4.74 Å². The maximum absolute atomic E-state index is 14.7. The number of ether oxygens (including phenoxy) is 1. The van der Waals surface area contributed by atoms with Crippen LogP contribution >= 0.6 is 0 Å². The Balaban J connectivity index is 1.79. The van der Waals surface area contributed by atoms with Crippen molar-refractivity contribution < 1.29 is 30.7 Å². The van der Waals surface area contributed by atoms with Crippen molar-refractivity contribution in [1.82, 2.24) is 9.97 Å². The number of nitrogens with zero attached hydrogens (tertiary/aromatic N) is 2. The first kappa shape index (κ1) is 22.7. The van der Waals surface area contributed by atoms with Gasteiger partial charge in [0.25, 0.3) is 0 Å². The number of aromatic nitrogens is 2. The number of rotatable bonds is 5. The average Bonchev–Trinajstić information content (AvgIpc) is 2.79. The van der Waals surface area contributed by atoms with Gasteiger partial charge in [-0.05, 0) is 42.5 Å². The molecular formula is C23H16F4N2O3S. The van der Waals surface area contributed by atoms with E-state index in [9.17, 15) is 26.0 Å². The molecule has 0 N–H and O–H groups in total. The van der Waals surface area contributed by atoms with Crippen LogP contribution in [0.3, 0.4) is 0 Å². The minimum Gasteiger partial charge on any atom is -0.457 e. The smallest absolute Gasteiger partial charge is 0.418 e. The highest BCUT2D eigenvalue weighted by Crippen LogP contribution is 2.37. The molecule has 33 heavy (non-hydrogen) atoms. The number of benzene rings is 3. The SMILES string of the molecule is CCS(=O)(=O)c1cccc(Oc2ccc(F)c(-c3ncnc4c(C(F)(F)F)cccc34)c2)c1. The molecule has 1 heterocycles. The fraction of sp³-hybridized carbons (Fsp3) is 0.130. The molecule has 5 nitrogen and oxygen atoms in total. The number of fused-ring (bicyclic) bond motifs is 1. The number of sulfone groups is 1. The molecular weight excluding hydrogens is 460 g/mol. The van der Waals surface area contributed by atoms with E-state index >= 15 is 0 Å². The molecule has 0 unspecified atom stereocenters. The molecule has 4 rings (SSSR count). The minimum absolute atomic E-state index is 0.0272. The summed E-state index contributed by atoms with van der Waals surface area (Å²) in [7, 11) is -3.46. The van der Waals surface area contributed by atoms with Gasteiger partial charge in [-0.15, -0.1) is 0 Å². The lowest BCUT2D eigenvalue weighted by Crippen LogP contribution is -2.07. The first-order valence-electron chi connectivity index (χ1n) is 9.71. The van der Waals surface area contributed by atoms with Crippen LogP contribution < -0.4 is 4.74 Å². The lowest BCUT2D eigenvalue weighted by atomic mass is 10.0. The highest BCUT2D eigenvalue weighted by molar-refractivity contribution is 7.91. The molecule has 0 aliphatic rings. The van der Waals surface area contributed by atoms with Gasteiger partial charge in [0, 0.05) is 10.9 Å². The Morgan fingerprint density at radius 1 is 0.939 bits per heavy atom. The third-order valence-electron chi connectivity index (χ3n) is 4.94. The fourth-order valence-electron chi connectivity index (χ4n) is 3.31. The predicted molar refractivity (Wildman–Crippen MR) is 114 cm³/mol. The molecule has 0 radical (unpaired) electrons. The maximum atomic E-state index is 14.7. The van der Waals surface area contributed by atoms with Crippen LogP contribution in [0.4, 0.5) is 17.6 Å². The number of para-hydroxylation sites is 1. The molecule has 0 spiro atoms. The standard InChI is InChI=1S/C23H16F4N2O3S/c1-2-33(30,31)16-6-3-5-14(11-16)32-15-9-10-20(24)18(12-15)21-17-7-4-8-19(23(25,26)27)22(17)29-13-28-21/h3-13H,2H2,1H3. The van der Waals surface area contributed by atoms with Crippen molar-refractivity contribution in [1.29, 1.82) is 0 Å². The van der Waals surface area contributed by atoms with Gasteiger partial charge in [-0.1, -0.05) is 25.1 Å². The Hall–Kier alpha value is -3.53. The first-order chi connectivity index (χ1) is 15.6. The Morgan fingerprint density at radius 3 is 2.39 bits per heavy atom. The highest BCUT2D eigenvalue weighted by atomic mass is 32.2. The summed E-state index contributed by atoms with van der Waals surface area (Å²) in [5.41, 5.74) is -1.42. The van der Waals surface area contributed by atoms with Gasteiger partial charge >= 0.3 is 6.18 Å². The van der Waals surface area contributed by atoms with Crippen LogP contribution in [0.1, 0.15) is 12.5 Å². The second kappa shape index (κ2) is 8.43. The number of alkyl halides is 3. The molecule has 0 saturated carbocycles. The Labute approximate surface area is 186 Å². The summed E-state index contributed by atoms with van der Waals surface area (Å²) >= 11 is 0. The van der Waals surface area contributed by atoms with Crippen molar-refractivity contribution in [3.8, 4) is 22.8 Å². The summed E-state index contributed by atoms with van der Waals surface area (Å²) in [6.45, 7) is 1.52. The Morgan fingerprint density at radius 2 is 1.67 bits per heavy atom. The molecule has 0 atom stereocenters. The quantitative estimate of drug-likeness (QED) is 0.329. The van der Waals surface area contributed by atoms with Gasteiger partial charge in [0.15, 0.2) is 9.84 Å². The third-order valence-corrected chi connectivity index (χ3v) is 6.68. The van der Waals surface area contributed by atoms with E-state index in [0.29, 0.717) is 0 Å². The topological polar surface area (TPSA) is 69.2 Å². The van der Waals surface area contributed by atoms with Crippen LogP contribution in [0.25, 0.3) is 22.2 Å². The van der Waals surface area contributed by atoms with Crippen LogP contribution in [0.5, 0.6) is 11.5 Å². The molecule has 1 aromatic heterocycles. The van der Waals surface area contributed by atoms with E-state index in [-0.39, 0.29) is 44.3 Å². The zero-order chi connectivity index (χ0) is 23.8. The molecule has 4 aromatic rings. The van der Waals surface area contributed by atoms with Crippen molar-refractivity contribution in [3.05, 3.63) is 78.4 Å². The Kier molecular flexibility index (Phi) is 5.79. The number of hydrogen-bond donors (Lipinski definition) is 0. The molecule has 0 aliphatic heterocycles. The summed E-state index contributed by atoms with van der Waals surface area (Å²) in [6.07, 6.45) is -3.70. The van der Waals surface area contributed by atoms with Gasteiger partial charge in [-0.2, -0.15) is 13.2 Å². The van der Waals surface area contributed by atoms with Crippen molar-refractivity contribution in [2.24, 2.45) is 0 Å². The minimum atomic E-state index is -4.64. The summed E-state index contributed by atoms with van der Waals surface area (Å²) < 4.78 is 84.8. The number of halogens is 4. The lowest BCUT2D eigenvalue weighted by molar-refractivity contribution is -0.136. The van der Waals surface area contributed by atoms with E-state index in [2.05, 4.69) is 9.97 Å². The summed E-state index contributed by atoms with van der Waals surface area (Å²) in [6, 6.07) is 13.0. The van der Waals surface area contributed by atoms with E-state index in [0.717, 1.165) is 18.5 Å². The van der Waals surface area contributed by atoms with Crippen LogP contribution in [-0.4, -0.2) is 24.1 Å². The second-order valence-electron chi connectivity index (χ2n) is 7.04. The van der Waals surface area contributed by atoms with Crippen molar-refractivity contribution in [2.75, 3.05) is 5.75 Å². The third kappa shape index (κ3) is 4.51. The van der Waals surface area contributed by atoms with E-state index in [1.54, 1.807) is 0 Å². The Bertz CT molecular complexity index is 1450. The van der Waals surface area contributed by atoms with E-state index in [1.165, 1.54) is 55.5 Å². The molecule has 170 valence electrons. The van der Waals surface area contributed by atoms with Gasteiger partial charge < -0.3 is 4.74 Å². The molecule has 3 aromatic carbocycles. The molecule has 0 aliphatic carbocycles. The highest BCUT2D eigenvalue weighted by Gasteiger charge is 2.33. The second-order valence-corrected chi connectivity index (χ2v) is 9.32. The molecule has 0 fully saturated rings. The normalized spacial score (nSPS) is 12.2. The van der Waals surface area contributed by atoms with Crippen LogP contribution in [0, 0.1) is 5.82 Å². The predicted octanol–water partition coefficient (Wildman–Crippen LogP) is 6.04. The van der Waals surface area contributed by atoms with Gasteiger partial charge in [0.1, 0.15) is 23.6 Å². The largest absolute Gasteiger partial charge is 0.457 e. The monoisotopic (exact) mass is 476 g/mol.